The van der Waals surface area contributed by atoms with Gasteiger partial charge in [-0.3, -0.25) is 53.6 Å². The van der Waals surface area contributed by atoms with E-state index in [-0.39, 0.29) is 202 Å². The topological polar surface area (TPSA) is 450 Å². The van der Waals surface area contributed by atoms with E-state index < -0.39 is 117 Å². The van der Waals surface area contributed by atoms with Crippen LogP contribution in [0, 0.1) is 30.2 Å². The fourth-order valence-corrected chi connectivity index (χ4v) is 20.6. The van der Waals surface area contributed by atoms with Gasteiger partial charge in [0.05, 0.1) is 84.2 Å². The number of rotatable bonds is 23. The van der Waals surface area contributed by atoms with Gasteiger partial charge in [-0.1, -0.05) is 78.4 Å². The molecule has 10 aromatic carbocycles. The number of hydrogen-bond donors (Lipinski definition) is 4. The minimum atomic E-state index is -4.41. The van der Waals surface area contributed by atoms with Gasteiger partial charge < -0.3 is 66.4 Å². The van der Waals surface area contributed by atoms with E-state index in [2.05, 4.69) is 24.9 Å². The third-order valence-corrected chi connectivity index (χ3v) is 29.5. The second kappa shape index (κ2) is 39.1. The van der Waals surface area contributed by atoms with Crippen LogP contribution in [0.4, 0.5) is 23.4 Å². The molecule has 143 heavy (non-hydrogen) atoms. The van der Waals surface area contributed by atoms with Crippen LogP contribution in [-0.2, 0) is 97.6 Å². The molecule has 6 amide bonds. The number of hydrogen-bond acceptors (Lipinski definition) is 29. The van der Waals surface area contributed by atoms with Crippen LogP contribution < -0.4 is 21.6 Å². The maximum Gasteiger partial charge on any atom is 0.340 e. The molecule has 5 aromatic heterocycles. The van der Waals surface area contributed by atoms with Gasteiger partial charge in [-0.15, -0.1) is 0 Å². The molecule has 6 aliphatic rings. The summed E-state index contributed by atoms with van der Waals surface area (Å²) in [6.45, 7) is 7.21. The van der Waals surface area contributed by atoms with Crippen molar-refractivity contribution in [1.82, 2.24) is 49.4 Å². The minimum Gasteiger partial charge on any atom is -0.505 e. The first kappa shape index (κ1) is 96.9. The molecule has 0 unspecified atom stereocenters. The molecule has 0 spiro atoms. The summed E-state index contributed by atoms with van der Waals surface area (Å²) in [6.07, 6.45) is 6.90. The second-order valence-electron chi connectivity index (χ2n) is 34.0. The lowest BCUT2D eigenvalue weighted by Gasteiger charge is -2.27. The Morgan fingerprint density at radius 2 is 0.685 bits per heavy atom. The number of benzene rings is 10. The van der Waals surface area contributed by atoms with E-state index in [0.717, 1.165) is 10.5 Å². The van der Waals surface area contributed by atoms with E-state index in [1.807, 2.05) is 11.8 Å². The van der Waals surface area contributed by atoms with Crippen LogP contribution in [0.5, 0.6) is 46.0 Å². The van der Waals surface area contributed by atoms with E-state index in [0.29, 0.717) is 59.8 Å². The van der Waals surface area contributed by atoms with Crippen LogP contribution in [0.25, 0.3) is 43.6 Å². The Morgan fingerprint density at radius 3 is 1.01 bits per heavy atom. The maximum absolute atomic E-state index is 13.4. The number of anilines is 1. The molecular formula is C101H81F4N11O23S4. The Kier molecular flexibility index (Phi) is 26.5. The van der Waals surface area contributed by atoms with Gasteiger partial charge >= 0.3 is 40.5 Å². The van der Waals surface area contributed by atoms with E-state index >= 15 is 0 Å². The number of amides is 6. The van der Waals surface area contributed by atoms with Crippen molar-refractivity contribution in [3.8, 4) is 46.0 Å². The molecule has 730 valence electrons. The second-order valence-corrected chi connectivity index (χ2v) is 40.9. The van der Waals surface area contributed by atoms with E-state index in [4.69, 9.17) is 21.5 Å². The normalized spacial score (nSPS) is 14.4. The van der Waals surface area contributed by atoms with Crippen molar-refractivity contribution in [2.24, 2.45) is 0 Å². The number of aryl methyl sites for hydroxylation is 1. The van der Waals surface area contributed by atoms with Crippen LogP contribution in [0.1, 0.15) is 126 Å². The van der Waals surface area contributed by atoms with Crippen LogP contribution in [0.15, 0.2) is 247 Å². The van der Waals surface area contributed by atoms with Crippen LogP contribution in [-0.4, -0.2) is 183 Å². The van der Waals surface area contributed by atoms with Crippen molar-refractivity contribution in [3.63, 3.8) is 0 Å². The smallest absolute Gasteiger partial charge is 0.340 e. The van der Waals surface area contributed by atoms with Crippen molar-refractivity contribution in [2.75, 3.05) is 43.5 Å². The summed E-state index contributed by atoms with van der Waals surface area (Å²) in [4.78, 5) is 107. The summed E-state index contributed by atoms with van der Waals surface area (Å²) in [5.74, 6) is -6.70. The first-order valence-corrected chi connectivity index (χ1v) is 50.0. The zero-order chi connectivity index (χ0) is 101. The van der Waals surface area contributed by atoms with Gasteiger partial charge in [-0.2, -0.15) is 33.7 Å². The summed E-state index contributed by atoms with van der Waals surface area (Å²) >= 11 is 0. The Morgan fingerprint density at radius 1 is 0.371 bits per heavy atom. The molecule has 34 nitrogen and oxygen atoms in total. The van der Waals surface area contributed by atoms with Crippen LogP contribution in [0.2, 0.25) is 0 Å². The summed E-state index contributed by atoms with van der Waals surface area (Å²) in [7, 11) is -17.0. The number of fused-ring (bicyclic) bond motifs is 9. The Bertz CT molecular complexity index is 8180. The Hall–Kier alpha value is -16.3. The number of pyridine rings is 5. The third-order valence-electron chi connectivity index (χ3n) is 24.4. The molecule has 0 radical (unpaired) electrons. The SMILES string of the molecule is CC(C)S(=O)(=O)Oc1c2c(c(O)c3ncccc13)C(=O)N(Cc1ccc(F)cc1)C2.Cc1ccc(S(=O)(=O)Oc2c3c(c(O)c4ncccc24)C(=O)N(Cc2ccc(F)cc2)C3)cc1.O=C1c2c(c(OS(=O)(=O)CCN3C(=O)c4ccccc4C3=O)c3cccnc3c2O)CN1Cc1ccc(F)cc1.O=C1c2c(c(OS(=O)(=O)c3ccc(N4CCOCC4)nc3)c3cccnc3c2O)CN1Cc1ccc(F)cc1. The van der Waals surface area contributed by atoms with Crippen LogP contribution in [0.3, 0.4) is 0 Å². The number of ether oxygens (including phenoxy) is 1. The maximum atomic E-state index is 13.4. The predicted octanol–water partition coefficient (Wildman–Crippen LogP) is 14.1. The van der Waals surface area contributed by atoms with Gasteiger partial charge in [0.25, 0.3) is 35.4 Å². The number of morpholine rings is 1. The lowest BCUT2D eigenvalue weighted by atomic mass is 10.0. The molecule has 1 fully saturated rings. The fraction of sp³-hybridized carbons (Fsp3) is 0.178. The predicted molar refractivity (Wildman–Crippen MR) is 509 cm³/mol. The number of halogens is 4. The monoisotopic (exact) mass is 2020 g/mol. The molecule has 0 bridgehead atoms. The van der Waals surface area contributed by atoms with Crippen molar-refractivity contribution in [1.29, 1.82) is 0 Å². The Balaban J connectivity index is 0.000000126. The summed E-state index contributed by atoms with van der Waals surface area (Å²) in [5.41, 5.74) is 4.71. The van der Waals surface area contributed by atoms with Gasteiger partial charge in [0, 0.05) is 114 Å². The van der Waals surface area contributed by atoms with E-state index in [1.54, 1.807) is 103 Å². The standard InChI is InChI=1S/C28H20FN3O7S.C27H23FN4O6S.C25H19FN2O5S.C21H19FN2O5S/c29-17-9-7-16(8-10-17)14-31-15-21-22(28(31)36)24(33)23-20(6-3-11-30-23)25(21)39-40(37,38)13-12-32-26(34)18-4-1-2-5-19(18)27(32)35;28-18-5-3-17(4-6-18)15-32-16-21-23(27(32)34)25(33)24-20(2-1-9-29-24)26(21)38-39(35,36)19-7-8-22(30-14-19)31-10-12-37-13-11-31;1-15-4-10-18(11-5-15)34(31,32)33-24-19-3-2-12-27-22(19)23(29)21-20(24)14-28(25(21)30)13-16-6-8-17(26)9-7-16;1-12(2)30(27,28)29-20-15-4-3-9-23-18(15)19(25)17-16(20)11-24(21(17)26)10-13-5-7-14(22)8-6-13/h1-11,33H,12-15H2;1-9,14,33H,10-13,15-16H2;2-12,29H,13-14H2,1H3;3-9,12,25H,10-11H2,1-2H3. The molecule has 11 heterocycles. The van der Waals surface area contributed by atoms with Gasteiger partial charge in [0.2, 0.25) is 0 Å². The average Bonchev–Trinajstić information content (AvgIpc) is 1.63. The number of imide groups is 1. The lowest BCUT2D eigenvalue weighted by Crippen LogP contribution is -2.36. The third kappa shape index (κ3) is 19.4. The number of carbonyl (C=O) groups excluding carboxylic acids is 6. The first-order valence-electron chi connectivity index (χ1n) is 44.1. The minimum absolute atomic E-state index is 0.00267. The summed E-state index contributed by atoms with van der Waals surface area (Å²) in [5, 5.41) is 43.7. The number of phenolic OH excluding ortho intramolecular Hbond substituents is 4. The highest BCUT2D eigenvalue weighted by Crippen LogP contribution is 2.50. The molecule has 0 aliphatic carbocycles. The first-order chi connectivity index (χ1) is 68.4. The highest BCUT2D eigenvalue weighted by molar-refractivity contribution is 7.88. The van der Waals surface area contributed by atoms with Gasteiger partial charge in [0.1, 0.15) is 66.7 Å². The summed E-state index contributed by atoms with van der Waals surface area (Å²) < 4.78 is 185. The molecule has 15 aromatic rings. The van der Waals surface area contributed by atoms with Gasteiger partial charge in [-0.05, 0) is 176 Å². The van der Waals surface area contributed by atoms with E-state index in [1.165, 1.54) is 168 Å². The fourth-order valence-electron chi connectivity index (χ4n) is 17.1. The molecule has 21 rings (SSSR count). The zero-order valence-electron chi connectivity index (χ0n) is 75.6. The number of aromatic hydroxyl groups is 4. The molecule has 4 N–H and O–H groups in total. The number of nitrogens with zero attached hydrogens (tertiary/aromatic N) is 11. The molecule has 42 heteroatoms. The van der Waals surface area contributed by atoms with Crippen molar-refractivity contribution in [2.45, 2.75) is 88.2 Å². The number of carbonyl (C=O) groups is 6. The van der Waals surface area contributed by atoms with Crippen LogP contribution >= 0.6 is 0 Å². The number of aromatic nitrogens is 5. The zero-order valence-corrected chi connectivity index (χ0v) is 78.9. The molecular weight excluding hydrogens is 1940 g/mol. The van der Waals surface area contributed by atoms with Crippen molar-refractivity contribution < 1.29 is 122 Å². The van der Waals surface area contributed by atoms with Gasteiger partial charge in [-0.25, -0.2) is 22.5 Å². The molecule has 1 saturated heterocycles. The number of phenols is 4. The molecule has 6 aliphatic heterocycles. The quantitative estimate of drug-likeness (QED) is 0.0262. The average molecular weight is 2020 g/mol. The lowest BCUT2D eigenvalue weighted by molar-refractivity contribution is 0.0659. The highest BCUT2D eigenvalue weighted by atomic mass is 32.2. The van der Waals surface area contributed by atoms with E-state index in [9.17, 15) is 100 Å². The summed E-state index contributed by atoms with van der Waals surface area (Å²) in [6, 6.07) is 50.6. The molecule has 0 atom stereocenters. The van der Waals surface area contributed by atoms with Crippen molar-refractivity contribution >= 4 is 125 Å². The van der Waals surface area contributed by atoms with Gasteiger partial charge in [0.15, 0.2) is 46.0 Å². The van der Waals surface area contributed by atoms with Crippen molar-refractivity contribution in [3.05, 3.63) is 344 Å². The molecule has 0 saturated carbocycles. The largest absolute Gasteiger partial charge is 0.505 e. The Labute approximate surface area is 813 Å². The highest BCUT2D eigenvalue weighted by Gasteiger charge is 2.44.